The number of carbonyl (C=O) groups is 3. The normalized spacial score (nSPS) is 9.61. The van der Waals surface area contributed by atoms with Crippen molar-refractivity contribution in [3.63, 3.8) is 0 Å². The van der Waals surface area contributed by atoms with Crippen LogP contribution in [0, 0.1) is 6.92 Å². The van der Waals surface area contributed by atoms with Crippen molar-refractivity contribution in [1.82, 2.24) is 0 Å². The largest absolute Gasteiger partial charge is 0.466 e. The summed E-state index contributed by atoms with van der Waals surface area (Å²) in [6, 6.07) is 6.55. The Kier molecular flexibility index (Phi) is 16.8. The Morgan fingerprint density at radius 3 is 1.85 bits per heavy atom. The van der Waals surface area contributed by atoms with Crippen LogP contribution in [0.25, 0.3) is 0 Å². The molecule has 9 nitrogen and oxygen atoms in total. The van der Waals surface area contributed by atoms with E-state index in [1.165, 1.54) is 14.0 Å². The molecular weight excluding hydrogens is 452 g/mol. The molecule has 0 aliphatic heterocycles. The fraction of sp³-hybridized carbons (Fsp3) is 0.348. The van der Waals surface area contributed by atoms with E-state index in [0.717, 1.165) is 11.6 Å². The third kappa shape index (κ3) is 16.1. The minimum atomic E-state index is -3.41. The molecule has 1 rings (SSSR count). The summed E-state index contributed by atoms with van der Waals surface area (Å²) in [6.45, 7) is 14.7. The van der Waals surface area contributed by atoms with Gasteiger partial charge in [0.25, 0.3) is 0 Å². The van der Waals surface area contributed by atoms with Gasteiger partial charge in [0.1, 0.15) is 13.2 Å². The van der Waals surface area contributed by atoms with Crippen LogP contribution in [0.15, 0.2) is 66.1 Å². The summed E-state index contributed by atoms with van der Waals surface area (Å²) in [5.41, 5.74) is 1.67. The lowest BCUT2D eigenvalue weighted by atomic mass is 10.2. The average Bonchev–Trinajstić information content (AvgIpc) is 2.77. The predicted molar refractivity (Wildman–Crippen MR) is 124 cm³/mol. The Bertz CT molecular complexity index is 914. The van der Waals surface area contributed by atoms with Crippen LogP contribution < -0.4 is 0 Å². The van der Waals surface area contributed by atoms with Gasteiger partial charge in [0.05, 0.1) is 24.4 Å². The summed E-state index contributed by atoms with van der Waals surface area (Å²) >= 11 is 0. The van der Waals surface area contributed by atoms with Crippen molar-refractivity contribution in [3.05, 3.63) is 66.8 Å². The third-order valence-corrected chi connectivity index (χ3v) is 5.04. The molecule has 0 saturated heterocycles. The minimum Gasteiger partial charge on any atom is -0.466 e. The number of sulfone groups is 1. The molecule has 1 N–H and O–H groups in total. The zero-order valence-corrected chi connectivity index (χ0v) is 20.3. The van der Waals surface area contributed by atoms with Gasteiger partial charge < -0.3 is 19.3 Å². The topological polar surface area (TPSA) is 133 Å². The van der Waals surface area contributed by atoms with Gasteiger partial charge in [0, 0.05) is 17.2 Å². The van der Waals surface area contributed by atoms with Crippen molar-refractivity contribution in [1.29, 1.82) is 0 Å². The Balaban J connectivity index is 0. The van der Waals surface area contributed by atoms with Gasteiger partial charge in [-0.15, -0.1) is 0 Å². The van der Waals surface area contributed by atoms with Crippen LogP contribution in [-0.4, -0.2) is 64.1 Å². The number of aryl methyl sites for hydroxylation is 1. The van der Waals surface area contributed by atoms with Crippen LogP contribution >= 0.6 is 0 Å². The van der Waals surface area contributed by atoms with Gasteiger partial charge in [-0.2, -0.15) is 0 Å². The summed E-state index contributed by atoms with van der Waals surface area (Å²) < 4.78 is 37.1. The number of carbonyl (C=O) groups excluding carboxylic acids is 3. The second-order valence-corrected chi connectivity index (χ2v) is 8.52. The van der Waals surface area contributed by atoms with Crippen molar-refractivity contribution in [3.8, 4) is 0 Å². The Hall–Kier alpha value is -3.24. The second-order valence-electron chi connectivity index (χ2n) is 6.42. The zero-order valence-electron chi connectivity index (χ0n) is 19.5. The highest BCUT2D eigenvalue weighted by Crippen LogP contribution is 2.12. The Morgan fingerprint density at radius 1 is 0.970 bits per heavy atom. The molecule has 0 unspecified atom stereocenters. The van der Waals surface area contributed by atoms with Crippen LogP contribution in [0.2, 0.25) is 0 Å². The number of benzene rings is 1. The molecule has 0 atom stereocenters. The maximum absolute atomic E-state index is 11.9. The fourth-order valence-electron chi connectivity index (χ4n) is 1.61. The molecule has 0 radical (unpaired) electrons. The number of ether oxygens (including phenoxy) is 3. The van der Waals surface area contributed by atoms with Crippen molar-refractivity contribution in [2.75, 3.05) is 32.7 Å². The molecule has 0 amide bonds. The van der Waals surface area contributed by atoms with E-state index in [1.54, 1.807) is 31.2 Å². The SMILES string of the molecule is C=C(C)C(=O)OC.C=C(C)C(=O)OCCS(=O)(=O)c1ccc(C)cc1.C=CC(=O)OCCO. The van der Waals surface area contributed by atoms with E-state index in [1.807, 2.05) is 6.92 Å². The number of rotatable bonds is 9. The van der Waals surface area contributed by atoms with Gasteiger partial charge in [-0.3, -0.25) is 0 Å². The lowest BCUT2D eigenvalue weighted by molar-refractivity contribution is -0.139. The molecule has 1 aromatic carbocycles. The summed E-state index contributed by atoms with van der Waals surface area (Å²) in [5.74, 6) is -1.65. The Labute approximate surface area is 195 Å². The zero-order chi connectivity index (χ0) is 26.0. The molecule has 184 valence electrons. The summed E-state index contributed by atoms with van der Waals surface area (Å²) in [5, 5.41) is 8.10. The molecule has 10 heteroatoms. The molecule has 0 aliphatic rings. The molecule has 0 heterocycles. The van der Waals surface area contributed by atoms with Crippen molar-refractivity contribution in [2.24, 2.45) is 0 Å². The summed E-state index contributed by atoms with van der Waals surface area (Å²) in [7, 11) is -2.07. The number of hydrogen-bond acceptors (Lipinski definition) is 9. The predicted octanol–water partition coefficient (Wildman–Crippen LogP) is 2.33. The van der Waals surface area contributed by atoms with Crippen LogP contribution in [0.5, 0.6) is 0 Å². The summed E-state index contributed by atoms with van der Waals surface area (Å²) in [6.07, 6.45) is 1.05. The highest BCUT2D eigenvalue weighted by Gasteiger charge is 2.15. The third-order valence-electron chi connectivity index (χ3n) is 3.35. The molecule has 1 aromatic rings. The van der Waals surface area contributed by atoms with E-state index < -0.39 is 21.8 Å². The number of hydrogen-bond donors (Lipinski definition) is 1. The van der Waals surface area contributed by atoms with Crippen LogP contribution in [-0.2, 0) is 38.4 Å². The van der Waals surface area contributed by atoms with Crippen molar-refractivity contribution < 1.29 is 42.1 Å². The second kappa shape index (κ2) is 17.3. The highest BCUT2D eigenvalue weighted by atomic mass is 32.2. The first kappa shape index (κ1) is 31.9. The minimum absolute atomic E-state index is 0.0465. The standard InChI is InChI=1S/C13H16O4S.C5H8O3.C5H8O2/c1-10(2)13(14)17-8-9-18(15,16)12-6-4-11(3)5-7-12;1-2-5(7)8-4-3-6;1-4(2)5(6)7-3/h4-7H,1,8-9H2,2-3H3;2,6H,1,3-4H2;1H2,2-3H3. The quantitative estimate of drug-likeness (QED) is 0.318. The lowest BCUT2D eigenvalue weighted by Crippen LogP contribution is -2.15. The molecule has 0 fully saturated rings. The van der Waals surface area contributed by atoms with Gasteiger partial charge in [-0.1, -0.05) is 37.4 Å². The van der Waals surface area contributed by atoms with Gasteiger partial charge in [0.15, 0.2) is 9.84 Å². The van der Waals surface area contributed by atoms with Crippen molar-refractivity contribution in [2.45, 2.75) is 25.7 Å². The molecule has 0 aromatic heterocycles. The van der Waals surface area contributed by atoms with Crippen LogP contribution in [0.4, 0.5) is 0 Å². The van der Waals surface area contributed by atoms with E-state index in [-0.39, 0.29) is 42.0 Å². The van der Waals surface area contributed by atoms with Crippen LogP contribution in [0.3, 0.4) is 0 Å². The van der Waals surface area contributed by atoms with Gasteiger partial charge in [-0.05, 0) is 32.9 Å². The van der Waals surface area contributed by atoms with Crippen LogP contribution in [0.1, 0.15) is 19.4 Å². The maximum Gasteiger partial charge on any atom is 0.333 e. The fourth-order valence-corrected chi connectivity index (χ4v) is 2.70. The monoisotopic (exact) mass is 484 g/mol. The molecular formula is C23H32O9S. The number of aliphatic hydroxyl groups is 1. The maximum atomic E-state index is 11.9. The van der Waals surface area contributed by atoms with Gasteiger partial charge in [0.2, 0.25) is 0 Å². The first-order valence-electron chi connectivity index (χ1n) is 9.58. The van der Waals surface area contributed by atoms with E-state index in [2.05, 4.69) is 29.2 Å². The smallest absolute Gasteiger partial charge is 0.333 e. The number of aliphatic hydroxyl groups excluding tert-OH is 1. The summed E-state index contributed by atoms with van der Waals surface area (Å²) in [4.78, 5) is 31.6. The van der Waals surface area contributed by atoms with E-state index >= 15 is 0 Å². The number of methoxy groups -OCH3 is 1. The first-order chi connectivity index (χ1) is 15.3. The van der Waals surface area contributed by atoms with Crippen molar-refractivity contribution >= 4 is 27.7 Å². The lowest BCUT2D eigenvalue weighted by Gasteiger charge is -2.06. The Morgan fingerprint density at radius 2 is 1.48 bits per heavy atom. The van der Waals surface area contributed by atoms with E-state index in [9.17, 15) is 22.8 Å². The van der Waals surface area contributed by atoms with E-state index in [0.29, 0.717) is 5.57 Å². The molecule has 0 bridgehead atoms. The molecule has 0 aliphatic carbocycles. The highest BCUT2D eigenvalue weighted by molar-refractivity contribution is 7.91. The average molecular weight is 485 g/mol. The first-order valence-corrected chi connectivity index (χ1v) is 11.2. The van der Waals surface area contributed by atoms with E-state index in [4.69, 9.17) is 9.84 Å². The molecule has 0 spiro atoms. The molecule has 33 heavy (non-hydrogen) atoms. The number of esters is 3. The van der Waals surface area contributed by atoms with Gasteiger partial charge >= 0.3 is 17.9 Å². The molecule has 0 saturated carbocycles. The van der Waals surface area contributed by atoms with Gasteiger partial charge in [-0.25, -0.2) is 22.8 Å².